The molecule has 0 fully saturated rings. The van der Waals surface area contributed by atoms with Crippen molar-refractivity contribution < 1.29 is 9.21 Å². The summed E-state index contributed by atoms with van der Waals surface area (Å²) in [5.41, 5.74) is 0.739. The lowest BCUT2D eigenvalue weighted by Gasteiger charge is -2.08. The topological polar surface area (TPSA) is 96.7 Å². The van der Waals surface area contributed by atoms with Gasteiger partial charge in [-0.1, -0.05) is 23.4 Å². The highest BCUT2D eigenvalue weighted by molar-refractivity contribution is 7.99. The molecule has 0 saturated heterocycles. The minimum Gasteiger partial charge on any atom is -0.461 e. The highest BCUT2D eigenvalue weighted by Crippen LogP contribution is 2.25. The van der Waals surface area contributed by atoms with Crippen LogP contribution in [0.1, 0.15) is 12.5 Å². The highest BCUT2D eigenvalue weighted by atomic mass is 35.5. The molecule has 7 nitrogen and oxygen atoms in total. The van der Waals surface area contributed by atoms with Crippen LogP contribution in [-0.4, -0.2) is 26.4 Å². The number of thioether (sulfide) groups is 1. The number of rotatable bonds is 6. The number of amides is 1. The second-order valence-electron chi connectivity index (χ2n) is 5.17. The molecule has 0 radical (unpaired) electrons. The van der Waals surface area contributed by atoms with Gasteiger partial charge in [-0.2, -0.15) is 5.26 Å². The summed E-state index contributed by atoms with van der Waals surface area (Å²) < 4.78 is 7.23. The van der Waals surface area contributed by atoms with Gasteiger partial charge in [-0.25, -0.2) is 0 Å². The third kappa shape index (κ3) is 3.90. The number of anilines is 1. The highest BCUT2D eigenvalue weighted by Gasteiger charge is 2.16. The molecule has 0 aliphatic rings. The summed E-state index contributed by atoms with van der Waals surface area (Å²) in [4.78, 5) is 12.2. The molecule has 3 rings (SSSR count). The Balaban J connectivity index is 1.69. The van der Waals surface area contributed by atoms with E-state index in [-0.39, 0.29) is 11.7 Å². The zero-order valence-corrected chi connectivity index (χ0v) is 15.3. The van der Waals surface area contributed by atoms with E-state index in [9.17, 15) is 4.79 Å². The van der Waals surface area contributed by atoms with Gasteiger partial charge in [-0.05, 0) is 37.3 Å². The Morgan fingerprint density at radius 3 is 2.96 bits per heavy atom. The fraction of sp³-hybridized carbons (Fsp3) is 0.176. The summed E-state index contributed by atoms with van der Waals surface area (Å²) in [5, 5.41) is 21.1. The second kappa shape index (κ2) is 8.08. The number of aromatic nitrogens is 3. The average molecular weight is 388 g/mol. The van der Waals surface area contributed by atoms with Crippen molar-refractivity contribution in [2.24, 2.45) is 0 Å². The van der Waals surface area contributed by atoms with E-state index in [1.54, 1.807) is 36.6 Å². The number of halogens is 1. The third-order valence-corrected chi connectivity index (χ3v) is 4.69. The molecule has 0 aliphatic carbocycles. The van der Waals surface area contributed by atoms with Crippen molar-refractivity contribution in [3.05, 3.63) is 47.2 Å². The Hall–Kier alpha value is -2.76. The summed E-state index contributed by atoms with van der Waals surface area (Å²) in [6.45, 7) is 2.60. The van der Waals surface area contributed by atoms with Gasteiger partial charge in [0.05, 0.1) is 23.3 Å². The van der Waals surface area contributed by atoms with Gasteiger partial charge in [0, 0.05) is 11.6 Å². The second-order valence-corrected chi connectivity index (χ2v) is 6.55. The molecule has 2 heterocycles. The zero-order chi connectivity index (χ0) is 18.5. The molecule has 0 atom stereocenters. The summed E-state index contributed by atoms with van der Waals surface area (Å²) >= 11 is 7.18. The van der Waals surface area contributed by atoms with Gasteiger partial charge in [0.15, 0.2) is 16.7 Å². The van der Waals surface area contributed by atoms with Crippen molar-refractivity contribution in [1.29, 1.82) is 5.26 Å². The van der Waals surface area contributed by atoms with Crippen LogP contribution in [0.2, 0.25) is 5.02 Å². The van der Waals surface area contributed by atoms with Crippen LogP contribution in [0.3, 0.4) is 0 Å². The number of nitrogens with zero attached hydrogens (tertiary/aromatic N) is 4. The fourth-order valence-corrected chi connectivity index (χ4v) is 3.28. The molecule has 3 aromatic rings. The Morgan fingerprint density at radius 1 is 1.42 bits per heavy atom. The van der Waals surface area contributed by atoms with E-state index in [1.165, 1.54) is 11.8 Å². The molecule has 0 spiro atoms. The van der Waals surface area contributed by atoms with E-state index in [4.69, 9.17) is 21.3 Å². The minimum atomic E-state index is -0.265. The molecule has 0 aliphatic heterocycles. The van der Waals surface area contributed by atoms with Crippen LogP contribution < -0.4 is 5.32 Å². The summed E-state index contributed by atoms with van der Waals surface area (Å²) in [6.07, 6.45) is 1.57. The van der Waals surface area contributed by atoms with Gasteiger partial charge in [0.1, 0.15) is 6.07 Å². The van der Waals surface area contributed by atoms with E-state index in [0.717, 1.165) is 0 Å². The van der Waals surface area contributed by atoms with Crippen LogP contribution in [0.4, 0.5) is 5.69 Å². The number of carbonyl (C=O) groups is 1. The zero-order valence-electron chi connectivity index (χ0n) is 13.8. The average Bonchev–Trinajstić information content (AvgIpc) is 3.29. The molecular weight excluding hydrogens is 374 g/mol. The molecule has 1 aromatic carbocycles. The number of hydrogen-bond donors (Lipinski definition) is 1. The molecule has 2 aromatic heterocycles. The minimum absolute atomic E-state index is 0.119. The molecular formula is C17H14ClN5O2S. The van der Waals surface area contributed by atoms with Crippen molar-refractivity contribution in [3.8, 4) is 17.7 Å². The maximum atomic E-state index is 12.2. The summed E-state index contributed by atoms with van der Waals surface area (Å²) in [6, 6.07) is 10.3. The van der Waals surface area contributed by atoms with Gasteiger partial charge >= 0.3 is 0 Å². The lowest BCUT2D eigenvalue weighted by molar-refractivity contribution is -0.113. The number of hydrogen-bond acceptors (Lipinski definition) is 6. The molecule has 1 amide bonds. The first kappa shape index (κ1) is 18.0. The van der Waals surface area contributed by atoms with Gasteiger partial charge in [-0.3, -0.25) is 9.36 Å². The van der Waals surface area contributed by atoms with Crippen LogP contribution in [-0.2, 0) is 11.3 Å². The lowest BCUT2D eigenvalue weighted by Crippen LogP contribution is -2.15. The number of nitriles is 1. The van der Waals surface area contributed by atoms with Crippen LogP contribution in [0, 0.1) is 11.3 Å². The predicted molar refractivity (Wildman–Crippen MR) is 98.9 cm³/mol. The van der Waals surface area contributed by atoms with Crippen LogP contribution in [0.25, 0.3) is 11.6 Å². The molecule has 0 bridgehead atoms. The van der Waals surface area contributed by atoms with E-state index >= 15 is 0 Å². The first-order valence-corrected chi connectivity index (χ1v) is 9.08. The van der Waals surface area contributed by atoms with Crippen molar-refractivity contribution in [1.82, 2.24) is 14.8 Å². The molecule has 26 heavy (non-hydrogen) atoms. The Labute approximate surface area is 159 Å². The first-order chi connectivity index (χ1) is 12.6. The third-order valence-electron chi connectivity index (χ3n) is 3.48. The Bertz CT molecular complexity index is 962. The maximum absolute atomic E-state index is 12.2. The number of benzene rings is 1. The van der Waals surface area contributed by atoms with E-state index in [2.05, 4.69) is 15.5 Å². The standard InChI is InChI=1S/C17H14ClN5O2S/c1-2-23-16(14-4-3-7-25-14)21-22-17(23)26-10-15(24)20-13-8-12(18)6-5-11(13)9-19/h3-8H,2,10H2,1H3,(H,20,24). The molecule has 0 saturated carbocycles. The SMILES string of the molecule is CCn1c(SCC(=O)Nc2cc(Cl)ccc2C#N)nnc1-c1ccco1. The number of nitrogens with one attached hydrogen (secondary N) is 1. The number of furan rings is 1. The number of carbonyl (C=O) groups excluding carboxylic acids is 1. The summed E-state index contributed by atoms with van der Waals surface area (Å²) in [5.74, 6) is 1.09. The lowest BCUT2D eigenvalue weighted by atomic mass is 10.2. The Morgan fingerprint density at radius 2 is 2.27 bits per heavy atom. The van der Waals surface area contributed by atoms with E-state index in [0.29, 0.717) is 39.6 Å². The molecule has 1 N–H and O–H groups in total. The van der Waals surface area contributed by atoms with Gasteiger partial charge in [0.25, 0.3) is 0 Å². The van der Waals surface area contributed by atoms with Crippen molar-refractivity contribution >= 4 is 35.0 Å². The van der Waals surface area contributed by atoms with Gasteiger partial charge in [-0.15, -0.1) is 10.2 Å². The molecule has 9 heteroatoms. The van der Waals surface area contributed by atoms with Crippen molar-refractivity contribution in [3.63, 3.8) is 0 Å². The van der Waals surface area contributed by atoms with Gasteiger partial charge < -0.3 is 9.73 Å². The summed E-state index contributed by atoms with van der Waals surface area (Å²) in [7, 11) is 0. The predicted octanol–water partition coefficient (Wildman–Crippen LogP) is 3.81. The smallest absolute Gasteiger partial charge is 0.234 e. The monoisotopic (exact) mass is 387 g/mol. The fourth-order valence-electron chi connectivity index (χ4n) is 2.30. The van der Waals surface area contributed by atoms with E-state index in [1.807, 2.05) is 17.6 Å². The quantitative estimate of drug-likeness (QED) is 0.646. The largest absolute Gasteiger partial charge is 0.461 e. The van der Waals surface area contributed by atoms with Crippen molar-refractivity contribution in [2.75, 3.05) is 11.1 Å². The van der Waals surface area contributed by atoms with E-state index < -0.39 is 0 Å². The van der Waals surface area contributed by atoms with Crippen LogP contribution in [0.5, 0.6) is 0 Å². The van der Waals surface area contributed by atoms with Crippen LogP contribution in [0.15, 0.2) is 46.2 Å². The van der Waals surface area contributed by atoms with Crippen LogP contribution >= 0.6 is 23.4 Å². The molecule has 132 valence electrons. The maximum Gasteiger partial charge on any atom is 0.234 e. The first-order valence-electron chi connectivity index (χ1n) is 7.71. The molecule has 0 unspecified atom stereocenters. The normalized spacial score (nSPS) is 10.5. The van der Waals surface area contributed by atoms with Gasteiger partial charge in [0.2, 0.25) is 5.91 Å². The Kier molecular flexibility index (Phi) is 5.61. The van der Waals surface area contributed by atoms with Crippen molar-refractivity contribution in [2.45, 2.75) is 18.6 Å².